The van der Waals surface area contributed by atoms with Crippen LogP contribution in [0.4, 0.5) is 0 Å². The van der Waals surface area contributed by atoms with Crippen molar-refractivity contribution in [1.82, 2.24) is 0 Å². The summed E-state index contributed by atoms with van der Waals surface area (Å²) in [5.41, 5.74) is 6.81. The molecule has 2 nitrogen and oxygen atoms in total. The first-order valence-corrected chi connectivity index (χ1v) is 7.02. The van der Waals surface area contributed by atoms with Gasteiger partial charge in [0.05, 0.1) is 11.2 Å². The van der Waals surface area contributed by atoms with Crippen LogP contribution in [0.15, 0.2) is 49.2 Å². The van der Waals surface area contributed by atoms with Crippen molar-refractivity contribution in [3.8, 4) is 0 Å². The Morgan fingerprint density at radius 3 is 2.76 bits per heavy atom. The van der Waals surface area contributed by atoms with Gasteiger partial charge in [0.1, 0.15) is 5.76 Å². The molecule has 4 heteroatoms. The SMILES string of the molecule is Cc1occc1Sc1ccc(CCN)c(Br)c1. The van der Waals surface area contributed by atoms with E-state index in [0.29, 0.717) is 6.54 Å². The Balaban J connectivity index is 2.18. The van der Waals surface area contributed by atoms with Crippen molar-refractivity contribution in [3.05, 3.63) is 46.3 Å². The predicted octanol–water partition coefficient (Wildman–Crippen LogP) is 4.00. The van der Waals surface area contributed by atoms with Crippen molar-refractivity contribution >= 4 is 27.7 Å². The summed E-state index contributed by atoms with van der Waals surface area (Å²) in [6, 6.07) is 8.35. The van der Waals surface area contributed by atoms with E-state index in [1.807, 2.05) is 13.0 Å². The second-order valence-corrected chi connectivity index (χ2v) is 5.70. The fourth-order valence-corrected chi connectivity index (χ4v) is 3.17. The van der Waals surface area contributed by atoms with Gasteiger partial charge < -0.3 is 10.2 Å². The molecular weight excluding hydrogens is 298 g/mol. The zero-order valence-electron chi connectivity index (χ0n) is 9.57. The van der Waals surface area contributed by atoms with Crippen LogP contribution in [0.1, 0.15) is 11.3 Å². The van der Waals surface area contributed by atoms with Crippen LogP contribution in [0.5, 0.6) is 0 Å². The smallest absolute Gasteiger partial charge is 0.114 e. The van der Waals surface area contributed by atoms with Crippen LogP contribution >= 0.6 is 27.7 Å². The zero-order valence-corrected chi connectivity index (χ0v) is 12.0. The van der Waals surface area contributed by atoms with Gasteiger partial charge in [-0.25, -0.2) is 0 Å². The molecule has 90 valence electrons. The van der Waals surface area contributed by atoms with E-state index in [9.17, 15) is 0 Å². The minimum Gasteiger partial charge on any atom is -0.468 e. The van der Waals surface area contributed by atoms with Crippen LogP contribution in [0.2, 0.25) is 0 Å². The van der Waals surface area contributed by atoms with Crippen LogP contribution in [0.3, 0.4) is 0 Å². The van der Waals surface area contributed by atoms with E-state index in [2.05, 4.69) is 34.1 Å². The summed E-state index contributed by atoms with van der Waals surface area (Å²) >= 11 is 5.29. The predicted molar refractivity (Wildman–Crippen MR) is 74.5 cm³/mol. The van der Waals surface area contributed by atoms with E-state index >= 15 is 0 Å². The highest BCUT2D eigenvalue weighted by molar-refractivity contribution is 9.10. The first-order valence-electron chi connectivity index (χ1n) is 5.41. The molecular formula is C13H14BrNOS. The molecule has 0 fully saturated rings. The minimum absolute atomic E-state index is 0.673. The number of benzene rings is 1. The molecule has 2 aromatic rings. The lowest BCUT2D eigenvalue weighted by atomic mass is 10.1. The van der Waals surface area contributed by atoms with Crippen molar-refractivity contribution in [1.29, 1.82) is 0 Å². The van der Waals surface area contributed by atoms with E-state index < -0.39 is 0 Å². The molecule has 0 bridgehead atoms. The van der Waals surface area contributed by atoms with Crippen molar-refractivity contribution in [2.24, 2.45) is 5.73 Å². The van der Waals surface area contributed by atoms with Crippen molar-refractivity contribution < 1.29 is 4.42 Å². The van der Waals surface area contributed by atoms with Crippen molar-refractivity contribution in [2.45, 2.75) is 23.1 Å². The Bertz CT molecular complexity index is 510. The quantitative estimate of drug-likeness (QED) is 0.927. The normalized spacial score (nSPS) is 10.8. The molecule has 0 unspecified atom stereocenters. The molecule has 0 aliphatic heterocycles. The van der Waals surface area contributed by atoms with E-state index in [1.165, 1.54) is 10.5 Å². The van der Waals surface area contributed by atoms with Crippen LogP contribution in [0, 0.1) is 6.92 Å². The molecule has 0 atom stereocenters. The molecule has 0 radical (unpaired) electrons. The molecule has 0 saturated carbocycles. The number of nitrogens with two attached hydrogens (primary N) is 1. The van der Waals surface area contributed by atoms with Gasteiger partial charge in [0, 0.05) is 9.37 Å². The molecule has 0 saturated heterocycles. The summed E-state index contributed by atoms with van der Waals surface area (Å²) in [5, 5.41) is 0. The number of hydrogen-bond acceptors (Lipinski definition) is 3. The van der Waals surface area contributed by atoms with Crippen molar-refractivity contribution in [2.75, 3.05) is 6.54 Å². The average Bonchev–Trinajstić information content (AvgIpc) is 2.69. The second kappa shape index (κ2) is 5.76. The average molecular weight is 312 g/mol. The molecule has 0 spiro atoms. The lowest BCUT2D eigenvalue weighted by Crippen LogP contribution is -2.03. The lowest BCUT2D eigenvalue weighted by molar-refractivity contribution is 0.527. The van der Waals surface area contributed by atoms with Crippen molar-refractivity contribution in [3.63, 3.8) is 0 Å². The largest absolute Gasteiger partial charge is 0.468 e. The van der Waals surface area contributed by atoms with Crippen LogP contribution < -0.4 is 5.73 Å². The summed E-state index contributed by atoms with van der Waals surface area (Å²) in [6.45, 7) is 2.64. The highest BCUT2D eigenvalue weighted by atomic mass is 79.9. The Labute approximate surface area is 114 Å². The fraction of sp³-hybridized carbons (Fsp3) is 0.231. The summed E-state index contributed by atoms with van der Waals surface area (Å²) in [6.07, 6.45) is 2.62. The molecule has 1 aromatic carbocycles. The second-order valence-electron chi connectivity index (χ2n) is 3.73. The van der Waals surface area contributed by atoms with Crippen LogP contribution in [-0.4, -0.2) is 6.54 Å². The highest BCUT2D eigenvalue weighted by Gasteiger charge is 2.06. The third-order valence-corrected chi connectivity index (χ3v) is 4.35. The van der Waals surface area contributed by atoms with E-state index in [0.717, 1.165) is 21.5 Å². The Kier molecular flexibility index (Phi) is 4.31. The van der Waals surface area contributed by atoms with Gasteiger partial charge in [0.25, 0.3) is 0 Å². The van der Waals surface area contributed by atoms with Gasteiger partial charge in [-0.3, -0.25) is 0 Å². The minimum atomic E-state index is 0.673. The van der Waals surface area contributed by atoms with Crippen LogP contribution in [0.25, 0.3) is 0 Å². The monoisotopic (exact) mass is 311 g/mol. The van der Waals surface area contributed by atoms with Gasteiger partial charge in [-0.15, -0.1) is 0 Å². The number of aryl methyl sites for hydroxylation is 1. The van der Waals surface area contributed by atoms with E-state index in [1.54, 1.807) is 18.0 Å². The Hall–Kier alpha value is -0.710. The maximum absolute atomic E-state index is 5.56. The molecule has 0 aliphatic carbocycles. The van der Waals surface area contributed by atoms with Gasteiger partial charge in [-0.1, -0.05) is 33.8 Å². The first kappa shape index (κ1) is 12.7. The number of furan rings is 1. The standard InChI is InChI=1S/C13H14BrNOS/c1-9-13(5-7-16-9)17-11-3-2-10(4-6-15)12(14)8-11/h2-3,5,7-8H,4,6,15H2,1H3. The summed E-state index contributed by atoms with van der Waals surface area (Å²) in [4.78, 5) is 2.35. The molecule has 17 heavy (non-hydrogen) atoms. The number of rotatable bonds is 4. The number of hydrogen-bond donors (Lipinski definition) is 1. The maximum atomic E-state index is 5.56. The molecule has 1 aromatic heterocycles. The fourth-order valence-electron chi connectivity index (χ4n) is 1.56. The molecule has 1 heterocycles. The van der Waals surface area contributed by atoms with E-state index in [-0.39, 0.29) is 0 Å². The molecule has 0 amide bonds. The molecule has 2 N–H and O–H groups in total. The van der Waals surface area contributed by atoms with E-state index in [4.69, 9.17) is 10.2 Å². The van der Waals surface area contributed by atoms with Gasteiger partial charge in [-0.2, -0.15) is 0 Å². The third kappa shape index (κ3) is 3.15. The van der Waals surface area contributed by atoms with Crippen LogP contribution in [-0.2, 0) is 6.42 Å². The first-order chi connectivity index (χ1) is 8.20. The molecule has 0 aliphatic rings. The Morgan fingerprint density at radius 2 is 2.18 bits per heavy atom. The lowest BCUT2D eigenvalue weighted by Gasteiger charge is -2.05. The van der Waals surface area contributed by atoms with Gasteiger partial charge in [0.2, 0.25) is 0 Å². The van der Waals surface area contributed by atoms with Gasteiger partial charge >= 0.3 is 0 Å². The van der Waals surface area contributed by atoms with Gasteiger partial charge in [0.15, 0.2) is 0 Å². The summed E-state index contributed by atoms with van der Waals surface area (Å²) < 4.78 is 6.40. The number of halogens is 1. The maximum Gasteiger partial charge on any atom is 0.114 e. The summed E-state index contributed by atoms with van der Waals surface area (Å²) in [7, 11) is 0. The zero-order chi connectivity index (χ0) is 12.3. The Morgan fingerprint density at radius 1 is 1.35 bits per heavy atom. The summed E-state index contributed by atoms with van der Waals surface area (Å²) in [5.74, 6) is 0.956. The highest BCUT2D eigenvalue weighted by Crippen LogP contribution is 2.33. The topological polar surface area (TPSA) is 39.2 Å². The van der Waals surface area contributed by atoms with Gasteiger partial charge in [-0.05, 0) is 43.7 Å². The third-order valence-electron chi connectivity index (χ3n) is 2.48. The molecule has 2 rings (SSSR count).